The summed E-state index contributed by atoms with van der Waals surface area (Å²) in [6.45, 7) is 6.29. The minimum Gasteiger partial charge on any atom is -0.334 e. The molecule has 0 aliphatic heterocycles. The van der Waals surface area contributed by atoms with Gasteiger partial charge in [-0.1, -0.05) is 33.0 Å². The van der Waals surface area contributed by atoms with Crippen molar-refractivity contribution in [3.8, 4) is 0 Å². The summed E-state index contributed by atoms with van der Waals surface area (Å²) >= 11 is 4.97. The summed E-state index contributed by atoms with van der Waals surface area (Å²) < 4.78 is 0.741. The molecule has 1 aromatic heterocycles. The predicted molar refractivity (Wildman–Crippen MR) is 48.1 cm³/mol. The molecule has 60 valence electrons. The van der Waals surface area contributed by atoms with Crippen molar-refractivity contribution in [3.05, 3.63) is 22.7 Å². The van der Waals surface area contributed by atoms with Crippen molar-refractivity contribution in [2.24, 2.45) is 0 Å². The van der Waals surface area contributed by atoms with Crippen LogP contribution in [0.25, 0.3) is 0 Å². The molecule has 1 rings (SSSR count). The van der Waals surface area contributed by atoms with E-state index in [2.05, 4.69) is 30.7 Å². The molecule has 0 saturated heterocycles. The average molecular weight is 168 g/mol. The van der Waals surface area contributed by atoms with Gasteiger partial charge in [0, 0.05) is 11.6 Å². The zero-order valence-electron chi connectivity index (χ0n) is 7.01. The molecular formula is C8H12N2S. The van der Waals surface area contributed by atoms with Gasteiger partial charge in [0.2, 0.25) is 0 Å². The third kappa shape index (κ3) is 2.12. The third-order valence-corrected chi connectivity index (χ3v) is 1.62. The summed E-state index contributed by atoms with van der Waals surface area (Å²) in [5.41, 5.74) is 0.0504. The van der Waals surface area contributed by atoms with Crippen molar-refractivity contribution in [2.45, 2.75) is 26.2 Å². The molecule has 3 heteroatoms. The van der Waals surface area contributed by atoms with Gasteiger partial charge in [0.15, 0.2) is 0 Å². The van der Waals surface area contributed by atoms with Gasteiger partial charge >= 0.3 is 0 Å². The predicted octanol–water partition coefficient (Wildman–Crippen LogP) is 2.44. The maximum atomic E-state index is 4.97. The van der Waals surface area contributed by atoms with E-state index in [0.717, 1.165) is 10.5 Å². The van der Waals surface area contributed by atoms with E-state index in [1.165, 1.54) is 0 Å². The van der Waals surface area contributed by atoms with E-state index in [4.69, 9.17) is 12.2 Å². The topological polar surface area (TPSA) is 28.7 Å². The quantitative estimate of drug-likeness (QED) is 0.603. The first-order valence-corrected chi connectivity index (χ1v) is 3.97. The highest BCUT2D eigenvalue weighted by atomic mass is 32.1. The molecule has 0 bridgehead atoms. The first kappa shape index (κ1) is 8.40. The van der Waals surface area contributed by atoms with E-state index in [0.29, 0.717) is 0 Å². The van der Waals surface area contributed by atoms with Gasteiger partial charge in [-0.2, -0.15) is 0 Å². The number of aromatic amines is 1. The van der Waals surface area contributed by atoms with Crippen LogP contribution in [-0.2, 0) is 5.41 Å². The summed E-state index contributed by atoms with van der Waals surface area (Å²) in [6, 6.07) is 1.78. The number of nitrogens with one attached hydrogen (secondary N) is 1. The molecule has 0 aromatic carbocycles. The second-order valence-electron chi connectivity index (χ2n) is 3.53. The Morgan fingerprint density at radius 1 is 1.45 bits per heavy atom. The highest BCUT2D eigenvalue weighted by Gasteiger charge is 2.14. The molecule has 0 amide bonds. The fraction of sp³-hybridized carbons (Fsp3) is 0.500. The van der Waals surface area contributed by atoms with Crippen molar-refractivity contribution in [2.75, 3.05) is 0 Å². The Kier molecular flexibility index (Phi) is 2.09. The van der Waals surface area contributed by atoms with Crippen LogP contribution in [0, 0.1) is 4.64 Å². The fourth-order valence-electron chi connectivity index (χ4n) is 0.751. The van der Waals surface area contributed by atoms with Crippen LogP contribution in [0.2, 0.25) is 0 Å². The monoisotopic (exact) mass is 168 g/mol. The van der Waals surface area contributed by atoms with E-state index in [9.17, 15) is 0 Å². The summed E-state index contributed by atoms with van der Waals surface area (Å²) in [4.78, 5) is 7.24. The van der Waals surface area contributed by atoms with E-state index in [1.54, 1.807) is 12.3 Å². The number of nitrogens with zero attached hydrogens (tertiary/aromatic N) is 1. The molecule has 0 unspecified atom stereocenters. The van der Waals surface area contributed by atoms with Gasteiger partial charge in [0.25, 0.3) is 0 Å². The minimum atomic E-state index is 0.0504. The first-order chi connectivity index (χ1) is 5.00. The molecule has 0 saturated carbocycles. The van der Waals surface area contributed by atoms with Crippen molar-refractivity contribution < 1.29 is 0 Å². The Balaban J connectivity index is 3.16. The Bertz CT molecular complexity index is 295. The first-order valence-electron chi connectivity index (χ1n) is 3.56. The SMILES string of the molecule is CC(C)(C)c1nccc(=S)[nH]1. The lowest BCUT2D eigenvalue weighted by molar-refractivity contribution is 0.544. The maximum Gasteiger partial charge on any atom is 0.112 e. The van der Waals surface area contributed by atoms with Crippen LogP contribution in [0.1, 0.15) is 26.6 Å². The zero-order valence-corrected chi connectivity index (χ0v) is 7.83. The second kappa shape index (κ2) is 2.74. The normalized spacial score (nSPS) is 11.5. The fourth-order valence-corrected chi connectivity index (χ4v) is 0.909. The third-order valence-electron chi connectivity index (χ3n) is 1.38. The van der Waals surface area contributed by atoms with E-state index >= 15 is 0 Å². The van der Waals surface area contributed by atoms with Gasteiger partial charge in [0.1, 0.15) is 10.5 Å². The van der Waals surface area contributed by atoms with Crippen LogP contribution >= 0.6 is 12.2 Å². The zero-order chi connectivity index (χ0) is 8.48. The van der Waals surface area contributed by atoms with Crippen molar-refractivity contribution in [3.63, 3.8) is 0 Å². The minimum absolute atomic E-state index is 0.0504. The van der Waals surface area contributed by atoms with Crippen LogP contribution in [0.15, 0.2) is 12.3 Å². The van der Waals surface area contributed by atoms with Gasteiger partial charge < -0.3 is 4.98 Å². The molecular weight excluding hydrogens is 156 g/mol. The van der Waals surface area contributed by atoms with E-state index < -0.39 is 0 Å². The van der Waals surface area contributed by atoms with Gasteiger partial charge in [-0.05, 0) is 6.07 Å². The average Bonchev–Trinajstić information content (AvgIpc) is 1.86. The molecule has 2 nitrogen and oxygen atoms in total. The Morgan fingerprint density at radius 2 is 2.09 bits per heavy atom. The number of H-pyrrole nitrogens is 1. The number of rotatable bonds is 0. The molecule has 0 aliphatic rings. The lowest BCUT2D eigenvalue weighted by Gasteiger charge is -2.16. The molecule has 1 heterocycles. The van der Waals surface area contributed by atoms with Gasteiger partial charge in [-0.15, -0.1) is 0 Å². The van der Waals surface area contributed by atoms with Gasteiger partial charge in [-0.3, -0.25) is 0 Å². The smallest absolute Gasteiger partial charge is 0.112 e. The van der Waals surface area contributed by atoms with Gasteiger partial charge in [0.05, 0.1) is 0 Å². The highest BCUT2D eigenvalue weighted by Crippen LogP contribution is 2.16. The summed E-state index contributed by atoms with van der Waals surface area (Å²) in [5.74, 6) is 0.935. The lowest BCUT2D eigenvalue weighted by Crippen LogP contribution is -2.15. The Hall–Kier alpha value is -0.700. The van der Waals surface area contributed by atoms with Crippen LogP contribution in [0.3, 0.4) is 0 Å². The van der Waals surface area contributed by atoms with Crippen molar-refractivity contribution in [1.29, 1.82) is 0 Å². The molecule has 11 heavy (non-hydrogen) atoms. The lowest BCUT2D eigenvalue weighted by atomic mass is 9.96. The van der Waals surface area contributed by atoms with Crippen molar-refractivity contribution in [1.82, 2.24) is 9.97 Å². The number of aromatic nitrogens is 2. The molecule has 1 N–H and O–H groups in total. The van der Waals surface area contributed by atoms with Crippen molar-refractivity contribution >= 4 is 12.2 Å². The molecule has 1 aromatic rings. The van der Waals surface area contributed by atoms with Crippen LogP contribution in [-0.4, -0.2) is 9.97 Å². The molecule has 0 spiro atoms. The highest BCUT2D eigenvalue weighted by molar-refractivity contribution is 7.71. The Labute approximate surface area is 71.7 Å². The maximum absolute atomic E-state index is 4.97. The van der Waals surface area contributed by atoms with Gasteiger partial charge in [-0.25, -0.2) is 4.98 Å². The Morgan fingerprint density at radius 3 is 2.45 bits per heavy atom. The molecule has 0 fully saturated rings. The molecule has 0 atom stereocenters. The van der Waals surface area contributed by atoms with E-state index in [1.807, 2.05) is 0 Å². The summed E-state index contributed by atoms with van der Waals surface area (Å²) in [7, 11) is 0. The van der Waals surface area contributed by atoms with Crippen LogP contribution < -0.4 is 0 Å². The number of hydrogen-bond acceptors (Lipinski definition) is 2. The van der Waals surface area contributed by atoms with Crippen LogP contribution in [0.4, 0.5) is 0 Å². The largest absolute Gasteiger partial charge is 0.334 e. The van der Waals surface area contributed by atoms with E-state index in [-0.39, 0.29) is 5.41 Å². The molecule has 0 radical (unpaired) electrons. The summed E-state index contributed by atoms with van der Waals surface area (Å²) in [6.07, 6.45) is 1.74. The van der Waals surface area contributed by atoms with Crippen LogP contribution in [0.5, 0.6) is 0 Å². The second-order valence-corrected chi connectivity index (χ2v) is 3.97. The molecule has 0 aliphatic carbocycles. The number of hydrogen-bond donors (Lipinski definition) is 1. The summed E-state index contributed by atoms with van der Waals surface area (Å²) in [5, 5.41) is 0. The standard InChI is InChI=1S/C8H12N2S/c1-8(2,3)7-9-5-4-6(11)10-7/h4-5H,1-3H3,(H,9,10,11).